The van der Waals surface area contributed by atoms with Gasteiger partial charge in [0, 0.05) is 24.6 Å². The molecule has 118 valence electrons. The van der Waals surface area contributed by atoms with E-state index >= 15 is 0 Å². The lowest BCUT2D eigenvalue weighted by atomic mass is 9.94. The molecule has 3 rings (SSSR count). The van der Waals surface area contributed by atoms with Crippen LogP contribution in [0.15, 0.2) is 5.38 Å². The first-order chi connectivity index (χ1) is 9.86. The smallest absolute Gasteiger partial charge is 0.122 e. The highest BCUT2D eigenvalue weighted by Crippen LogP contribution is 2.37. The summed E-state index contributed by atoms with van der Waals surface area (Å²) in [7, 11) is 0. The second kappa shape index (κ2) is 5.61. The molecule has 2 saturated heterocycles. The third kappa shape index (κ3) is 3.47. The van der Waals surface area contributed by atoms with Crippen molar-refractivity contribution in [3.05, 3.63) is 16.1 Å². The Balaban J connectivity index is 1.58. The van der Waals surface area contributed by atoms with Crippen molar-refractivity contribution in [1.29, 1.82) is 0 Å². The maximum absolute atomic E-state index is 6.12. The molecule has 1 aromatic heterocycles. The molecule has 0 bridgehead atoms. The van der Waals surface area contributed by atoms with Gasteiger partial charge < -0.3 is 14.8 Å². The van der Waals surface area contributed by atoms with E-state index in [1.54, 1.807) is 11.3 Å². The summed E-state index contributed by atoms with van der Waals surface area (Å²) in [6.45, 7) is 10.3. The van der Waals surface area contributed by atoms with Crippen LogP contribution in [0.4, 0.5) is 0 Å². The Morgan fingerprint density at radius 1 is 1.38 bits per heavy atom. The van der Waals surface area contributed by atoms with E-state index in [0.29, 0.717) is 6.04 Å². The van der Waals surface area contributed by atoms with Crippen LogP contribution >= 0.6 is 11.3 Å². The fraction of sp³-hybridized carbons (Fsp3) is 0.812. The van der Waals surface area contributed by atoms with Gasteiger partial charge in [0.1, 0.15) is 11.1 Å². The number of hydrogen-bond acceptors (Lipinski definition) is 5. The topological polar surface area (TPSA) is 43.4 Å². The standard InChI is InChI=1S/C16H26N2O2S/c1-15(2)8-13(16(3,4)20-15)17-9-11-10-21-14(18-11)12-6-5-7-19-12/h10,12-13,17H,5-9H2,1-4H3/t12-,13-/m0/s1. The van der Waals surface area contributed by atoms with Crippen molar-refractivity contribution in [1.82, 2.24) is 10.3 Å². The molecular formula is C16H26N2O2S. The lowest BCUT2D eigenvalue weighted by molar-refractivity contribution is -0.0699. The van der Waals surface area contributed by atoms with Crippen LogP contribution in [0, 0.1) is 0 Å². The Kier molecular flexibility index (Phi) is 4.12. The number of nitrogens with one attached hydrogen (secondary N) is 1. The van der Waals surface area contributed by atoms with Crippen LogP contribution in [0.1, 0.15) is 63.8 Å². The summed E-state index contributed by atoms with van der Waals surface area (Å²) in [4.78, 5) is 4.73. The zero-order chi connectivity index (χ0) is 15.1. The van der Waals surface area contributed by atoms with E-state index in [9.17, 15) is 0 Å². The average Bonchev–Trinajstić information content (AvgIpc) is 3.05. The van der Waals surface area contributed by atoms with Gasteiger partial charge in [-0.2, -0.15) is 0 Å². The van der Waals surface area contributed by atoms with Crippen LogP contribution in [-0.2, 0) is 16.0 Å². The minimum Gasteiger partial charge on any atom is -0.371 e. The van der Waals surface area contributed by atoms with Gasteiger partial charge in [-0.3, -0.25) is 0 Å². The van der Waals surface area contributed by atoms with Gasteiger partial charge in [-0.1, -0.05) is 0 Å². The van der Waals surface area contributed by atoms with Gasteiger partial charge in [0.15, 0.2) is 0 Å². The van der Waals surface area contributed by atoms with Crippen LogP contribution in [0.2, 0.25) is 0 Å². The number of nitrogens with zero attached hydrogens (tertiary/aromatic N) is 1. The molecule has 0 spiro atoms. The summed E-state index contributed by atoms with van der Waals surface area (Å²) in [5.74, 6) is 0. The van der Waals surface area contributed by atoms with Crippen molar-refractivity contribution in [2.45, 2.75) is 76.9 Å². The number of ether oxygens (including phenoxy) is 2. The Morgan fingerprint density at radius 3 is 2.81 bits per heavy atom. The Hall–Kier alpha value is -0.490. The minimum atomic E-state index is -0.128. The summed E-state index contributed by atoms with van der Waals surface area (Å²) in [6.07, 6.45) is 3.52. The van der Waals surface area contributed by atoms with E-state index < -0.39 is 0 Å². The molecule has 0 aliphatic carbocycles. The number of rotatable bonds is 4. The van der Waals surface area contributed by atoms with Crippen molar-refractivity contribution in [3.8, 4) is 0 Å². The Labute approximate surface area is 131 Å². The average molecular weight is 310 g/mol. The van der Waals surface area contributed by atoms with Gasteiger partial charge in [0.25, 0.3) is 0 Å². The monoisotopic (exact) mass is 310 g/mol. The van der Waals surface area contributed by atoms with E-state index in [4.69, 9.17) is 14.5 Å². The number of hydrogen-bond donors (Lipinski definition) is 1. The lowest BCUT2D eigenvalue weighted by Crippen LogP contribution is -2.43. The van der Waals surface area contributed by atoms with Crippen molar-refractivity contribution >= 4 is 11.3 Å². The molecule has 2 atom stereocenters. The van der Waals surface area contributed by atoms with E-state index in [0.717, 1.165) is 43.1 Å². The van der Waals surface area contributed by atoms with Crippen LogP contribution in [0.5, 0.6) is 0 Å². The second-order valence-electron chi connectivity index (χ2n) is 7.28. The molecule has 2 fully saturated rings. The largest absolute Gasteiger partial charge is 0.371 e. The summed E-state index contributed by atoms with van der Waals surface area (Å²) in [5, 5.41) is 6.91. The van der Waals surface area contributed by atoms with Crippen LogP contribution < -0.4 is 5.32 Å². The molecule has 0 radical (unpaired) electrons. The normalized spacial score (nSPS) is 30.9. The van der Waals surface area contributed by atoms with Crippen LogP contribution in [-0.4, -0.2) is 28.8 Å². The molecule has 0 aromatic carbocycles. The number of thiazole rings is 1. The Morgan fingerprint density at radius 2 is 2.19 bits per heavy atom. The molecule has 3 heterocycles. The first-order valence-corrected chi connectivity index (χ1v) is 8.73. The Bertz CT molecular complexity index is 492. The van der Waals surface area contributed by atoms with Crippen LogP contribution in [0.3, 0.4) is 0 Å². The summed E-state index contributed by atoms with van der Waals surface area (Å²) < 4.78 is 11.8. The molecular weight excluding hydrogens is 284 g/mol. The molecule has 21 heavy (non-hydrogen) atoms. The van der Waals surface area contributed by atoms with Gasteiger partial charge >= 0.3 is 0 Å². The first kappa shape index (κ1) is 15.4. The van der Waals surface area contributed by atoms with Gasteiger partial charge in [-0.05, 0) is 47.0 Å². The third-order valence-corrected chi connectivity index (χ3v) is 5.36. The summed E-state index contributed by atoms with van der Waals surface area (Å²) >= 11 is 1.72. The van der Waals surface area contributed by atoms with Crippen LogP contribution in [0.25, 0.3) is 0 Å². The fourth-order valence-corrected chi connectivity index (χ4v) is 4.33. The highest BCUT2D eigenvalue weighted by molar-refractivity contribution is 7.09. The summed E-state index contributed by atoms with van der Waals surface area (Å²) in [5.41, 5.74) is 0.939. The molecule has 4 nitrogen and oxygen atoms in total. The van der Waals surface area contributed by atoms with Gasteiger partial charge in [0.05, 0.1) is 16.9 Å². The zero-order valence-electron chi connectivity index (χ0n) is 13.4. The minimum absolute atomic E-state index is 0.0495. The van der Waals surface area contributed by atoms with Crippen molar-refractivity contribution < 1.29 is 9.47 Å². The van der Waals surface area contributed by atoms with E-state index in [1.165, 1.54) is 0 Å². The molecule has 5 heteroatoms. The van der Waals surface area contributed by atoms with E-state index in [1.807, 2.05) is 0 Å². The first-order valence-electron chi connectivity index (χ1n) is 7.85. The van der Waals surface area contributed by atoms with Crippen molar-refractivity contribution in [2.75, 3.05) is 6.61 Å². The summed E-state index contributed by atoms with van der Waals surface area (Å²) in [6, 6.07) is 0.361. The lowest BCUT2D eigenvalue weighted by Gasteiger charge is -2.27. The predicted octanol–water partition coefficient (Wildman–Crippen LogP) is 3.43. The van der Waals surface area contributed by atoms with Gasteiger partial charge in [-0.15, -0.1) is 11.3 Å². The SMILES string of the molecule is CC1(C)C[C@H](NCc2csc([C@@H]3CCCO3)n2)C(C)(C)O1. The molecule has 1 aromatic rings. The van der Waals surface area contributed by atoms with Gasteiger partial charge in [-0.25, -0.2) is 4.98 Å². The molecule has 2 aliphatic rings. The second-order valence-corrected chi connectivity index (χ2v) is 8.17. The predicted molar refractivity (Wildman–Crippen MR) is 84.5 cm³/mol. The van der Waals surface area contributed by atoms with E-state index in [-0.39, 0.29) is 17.3 Å². The molecule has 0 saturated carbocycles. The number of aromatic nitrogens is 1. The molecule has 2 aliphatic heterocycles. The van der Waals surface area contributed by atoms with Crippen molar-refractivity contribution in [2.24, 2.45) is 0 Å². The molecule has 1 N–H and O–H groups in total. The fourth-order valence-electron chi connectivity index (χ4n) is 3.43. The highest BCUT2D eigenvalue weighted by Gasteiger charge is 2.45. The highest BCUT2D eigenvalue weighted by atomic mass is 32.1. The third-order valence-electron chi connectivity index (χ3n) is 4.38. The van der Waals surface area contributed by atoms with Crippen molar-refractivity contribution in [3.63, 3.8) is 0 Å². The van der Waals surface area contributed by atoms with Gasteiger partial charge in [0.2, 0.25) is 0 Å². The maximum atomic E-state index is 6.12. The zero-order valence-corrected chi connectivity index (χ0v) is 14.3. The van der Waals surface area contributed by atoms with E-state index in [2.05, 4.69) is 38.4 Å². The quantitative estimate of drug-likeness (QED) is 0.925. The maximum Gasteiger partial charge on any atom is 0.122 e. The molecule has 0 amide bonds. The molecule has 0 unspecified atom stereocenters.